The van der Waals surface area contributed by atoms with Crippen molar-refractivity contribution in [2.45, 2.75) is 32.7 Å². The molecule has 3 heterocycles. The minimum Gasteiger partial charge on any atom is -0.355 e. The van der Waals surface area contributed by atoms with Crippen LogP contribution < -0.4 is 9.80 Å². The van der Waals surface area contributed by atoms with E-state index in [1.54, 1.807) is 6.33 Å². The molecule has 0 N–H and O–H groups in total. The lowest BCUT2D eigenvalue weighted by atomic mass is 9.99. The minimum absolute atomic E-state index is 0.430. The SMILES string of the molecule is Cc1ccc(C2CCCN2c2cc(N3CCSCC3)ncn2)cc1C. The number of benzene rings is 1. The van der Waals surface area contributed by atoms with Crippen molar-refractivity contribution in [3.05, 3.63) is 47.3 Å². The maximum atomic E-state index is 4.61. The van der Waals surface area contributed by atoms with Crippen molar-refractivity contribution in [1.82, 2.24) is 9.97 Å². The van der Waals surface area contributed by atoms with Crippen molar-refractivity contribution >= 4 is 23.4 Å². The van der Waals surface area contributed by atoms with E-state index in [9.17, 15) is 0 Å². The summed E-state index contributed by atoms with van der Waals surface area (Å²) in [7, 11) is 0. The van der Waals surface area contributed by atoms with Crippen molar-refractivity contribution in [2.75, 3.05) is 40.9 Å². The molecule has 2 saturated heterocycles. The van der Waals surface area contributed by atoms with Crippen molar-refractivity contribution in [3.8, 4) is 0 Å². The van der Waals surface area contributed by atoms with E-state index in [1.165, 1.54) is 41.0 Å². The Labute approximate surface area is 154 Å². The quantitative estimate of drug-likeness (QED) is 0.832. The summed E-state index contributed by atoms with van der Waals surface area (Å²) in [6, 6.07) is 9.50. The van der Waals surface area contributed by atoms with Crippen LogP contribution in [0, 0.1) is 13.8 Å². The first-order chi connectivity index (χ1) is 12.2. The zero-order valence-electron chi connectivity index (χ0n) is 15.1. The van der Waals surface area contributed by atoms with Gasteiger partial charge in [-0.25, -0.2) is 9.97 Å². The molecular formula is C20H26N4S. The molecule has 2 fully saturated rings. The normalized spacial score (nSPS) is 21.0. The summed E-state index contributed by atoms with van der Waals surface area (Å²) in [5, 5.41) is 0. The molecule has 0 amide bonds. The summed E-state index contributed by atoms with van der Waals surface area (Å²) < 4.78 is 0. The van der Waals surface area contributed by atoms with Gasteiger partial charge in [0.1, 0.15) is 18.0 Å². The summed E-state index contributed by atoms with van der Waals surface area (Å²) in [6.45, 7) is 7.63. The first-order valence-corrected chi connectivity index (χ1v) is 10.4. The smallest absolute Gasteiger partial charge is 0.134 e. The molecule has 0 aliphatic carbocycles. The van der Waals surface area contributed by atoms with Crippen molar-refractivity contribution < 1.29 is 0 Å². The maximum Gasteiger partial charge on any atom is 0.134 e. The molecule has 0 saturated carbocycles. The molecule has 4 rings (SSSR count). The highest BCUT2D eigenvalue weighted by atomic mass is 32.2. The topological polar surface area (TPSA) is 32.3 Å². The van der Waals surface area contributed by atoms with Crippen LogP contribution in [0.15, 0.2) is 30.6 Å². The van der Waals surface area contributed by atoms with Crippen molar-refractivity contribution in [3.63, 3.8) is 0 Å². The Bertz CT molecular complexity index is 742. The van der Waals surface area contributed by atoms with Crippen LogP contribution in [0.1, 0.15) is 35.6 Å². The third-order valence-corrected chi connectivity index (χ3v) is 6.38. The van der Waals surface area contributed by atoms with Gasteiger partial charge in [0.05, 0.1) is 6.04 Å². The van der Waals surface area contributed by atoms with Crippen LogP contribution in [-0.4, -0.2) is 41.1 Å². The zero-order chi connectivity index (χ0) is 17.2. The predicted octanol–water partition coefficient (Wildman–Crippen LogP) is 3.99. The average Bonchev–Trinajstić information content (AvgIpc) is 3.15. The lowest BCUT2D eigenvalue weighted by Crippen LogP contribution is -2.33. The number of hydrogen-bond donors (Lipinski definition) is 0. The molecule has 4 nitrogen and oxygen atoms in total. The van der Waals surface area contributed by atoms with Crippen LogP contribution in [-0.2, 0) is 0 Å². The molecule has 2 aromatic rings. The van der Waals surface area contributed by atoms with Gasteiger partial charge in [-0.3, -0.25) is 0 Å². The number of aromatic nitrogens is 2. The molecule has 1 aromatic carbocycles. The summed E-state index contributed by atoms with van der Waals surface area (Å²) in [4.78, 5) is 14.0. The summed E-state index contributed by atoms with van der Waals surface area (Å²) >= 11 is 2.03. The Balaban J connectivity index is 1.60. The molecule has 0 spiro atoms. The number of thioether (sulfide) groups is 1. The fourth-order valence-electron chi connectivity index (χ4n) is 3.82. The van der Waals surface area contributed by atoms with Gasteiger partial charge < -0.3 is 9.80 Å². The van der Waals surface area contributed by atoms with Crippen LogP contribution in [0.4, 0.5) is 11.6 Å². The molecule has 1 aromatic heterocycles. The van der Waals surface area contributed by atoms with Crippen molar-refractivity contribution in [1.29, 1.82) is 0 Å². The number of hydrogen-bond acceptors (Lipinski definition) is 5. The van der Waals surface area contributed by atoms with Crippen molar-refractivity contribution in [2.24, 2.45) is 0 Å². The second-order valence-corrected chi connectivity index (χ2v) is 8.25. The number of rotatable bonds is 3. The molecule has 0 radical (unpaired) electrons. The molecule has 0 bridgehead atoms. The third-order valence-electron chi connectivity index (χ3n) is 5.44. The van der Waals surface area contributed by atoms with Crippen LogP contribution >= 0.6 is 11.8 Å². The van der Waals surface area contributed by atoms with Crippen LogP contribution in [0.3, 0.4) is 0 Å². The van der Waals surface area contributed by atoms with Gasteiger partial charge in [0.2, 0.25) is 0 Å². The van der Waals surface area contributed by atoms with E-state index in [0.717, 1.165) is 31.3 Å². The minimum atomic E-state index is 0.430. The van der Waals surface area contributed by atoms with Gasteiger partial charge >= 0.3 is 0 Å². The van der Waals surface area contributed by atoms with Crippen LogP contribution in [0.5, 0.6) is 0 Å². The number of anilines is 2. The van der Waals surface area contributed by atoms with Gasteiger partial charge in [-0.2, -0.15) is 11.8 Å². The molecule has 5 heteroatoms. The first-order valence-electron chi connectivity index (χ1n) is 9.21. The molecule has 1 unspecified atom stereocenters. The van der Waals surface area contributed by atoms with Gasteiger partial charge in [-0.1, -0.05) is 18.2 Å². The van der Waals surface area contributed by atoms with E-state index >= 15 is 0 Å². The van der Waals surface area contributed by atoms with E-state index in [2.05, 4.69) is 57.9 Å². The van der Waals surface area contributed by atoms with E-state index in [4.69, 9.17) is 0 Å². The fourth-order valence-corrected chi connectivity index (χ4v) is 4.72. The number of aryl methyl sites for hydroxylation is 2. The first kappa shape index (κ1) is 16.7. The Morgan fingerprint density at radius 2 is 1.76 bits per heavy atom. The lowest BCUT2D eigenvalue weighted by Gasteiger charge is -2.30. The largest absolute Gasteiger partial charge is 0.355 e. The lowest BCUT2D eigenvalue weighted by molar-refractivity contribution is 0.708. The van der Waals surface area contributed by atoms with Crippen LogP contribution in [0.2, 0.25) is 0 Å². The van der Waals surface area contributed by atoms with E-state index in [0.29, 0.717) is 6.04 Å². The van der Waals surface area contributed by atoms with Gasteiger partial charge in [0.25, 0.3) is 0 Å². The Hall–Kier alpha value is -1.75. The van der Waals surface area contributed by atoms with Gasteiger partial charge in [-0.05, 0) is 43.4 Å². The summed E-state index contributed by atoms with van der Waals surface area (Å²) in [5.41, 5.74) is 4.15. The Kier molecular flexibility index (Phi) is 4.84. The summed E-state index contributed by atoms with van der Waals surface area (Å²) in [5.74, 6) is 4.53. The van der Waals surface area contributed by atoms with E-state index in [-0.39, 0.29) is 0 Å². The summed E-state index contributed by atoms with van der Waals surface area (Å²) in [6.07, 6.45) is 4.15. The second kappa shape index (κ2) is 7.24. The van der Waals surface area contributed by atoms with Crippen LogP contribution in [0.25, 0.3) is 0 Å². The Morgan fingerprint density at radius 3 is 2.56 bits per heavy atom. The monoisotopic (exact) mass is 354 g/mol. The second-order valence-electron chi connectivity index (χ2n) is 7.03. The maximum absolute atomic E-state index is 4.61. The highest BCUT2D eigenvalue weighted by Gasteiger charge is 2.28. The highest BCUT2D eigenvalue weighted by Crippen LogP contribution is 2.36. The molecule has 132 valence electrons. The van der Waals surface area contributed by atoms with E-state index in [1.807, 2.05) is 11.8 Å². The van der Waals surface area contributed by atoms with Gasteiger partial charge in [0.15, 0.2) is 0 Å². The standard InChI is InChI=1S/C20H26N4S/c1-15-5-6-17(12-16(15)2)18-4-3-7-24(18)20-13-19(21-14-22-20)23-8-10-25-11-9-23/h5-6,12-14,18H,3-4,7-11H2,1-2H3. The number of nitrogens with zero attached hydrogens (tertiary/aromatic N) is 4. The highest BCUT2D eigenvalue weighted by molar-refractivity contribution is 7.99. The average molecular weight is 355 g/mol. The fraction of sp³-hybridized carbons (Fsp3) is 0.500. The molecule has 2 aliphatic rings. The molecular weight excluding hydrogens is 328 g/mol. The predicted molar refractivity (Wildman–Crippen MR) is 107 cm³/mol. The van der Waals surface area contributed by atoms with E-state index < -0.39 is 0 Å². The van der Waals surface area contributed by atoms with Gasteiger partial charge in [-0.15, -0.1) is 0 Å². The van der Waals surface area contributed by atoms with Gasteiger partial charge in [0, 0.05) is 37.2 Å². The molecule has 1 atom stereocenters. The Morgan fingerprint density at radius 1 is 0.960 bits per heavy atom. The molecule has 2 aliphatic heterocycles. The third kappa shape index (κ3) is 3.47. The zero-order valence-corrected chi connectivity index (χ0v) is 15.9. The molecule has 25 heavy (non-hydrogen) atoms.